The van der Waals surface area contributed by atoms with Crippen molar-refractivity contribution in [3.63, 3.8) is 0 Å². The highest BCUT2D eigenvalue weighted by Crippen LogP contribution is 2.21. The van der Waals surface area contributed by atoms with Gasteiger partial charge in [-0.3, -0.25) is 4.31 Å². The molecule has 0 radical (unpaired) electrons. The molecule has 0 fully saturated rings. The minimum absolute atomic E-state index is 0.151. The van der Waals surface area contributed by atoms with E-state index in [1.807, 2.05) is 12.1 Å². The summed E-state index contributed by atoms with van der Waals surface area (Å²) in [5.74, 6) is 0.381. The van der Waals surface area contributed by atoms with Crippen molar-refractivity contribution >= 4 is 21.8 Å². The third-order valence-corrected chi connectivity index (χ3v) is 4.30. The zero-order valence-corrected chi connectivity index (χ0v) is 14.3. The van der Waals surface area contributed by atoms with Crippen molar-refractivity contribution < 1.29 is 17.9 Å². The Hall–Kier alpha value is -1.76. The zero-order chi connectivity index (χ0) is 16.8. The monoisotopic (exact) mass is 328 g/mol. The van der Waals surface area contributed by atoms with Gasteiger partial charge < -0.3 is 10.1 Å². The zero-order valence-electron chi connectivity index (χ0n) is 13.5. The van der Waals surface area contributed by atoms with E-state index in [9.17, 15) is 13.2 Å². The summed E-state index contributed by atoms with van der Waals surface area (Å²) in [4.78, 5) is 11.2. The molecule has 0 spiro atoms. The van der Waals surface area contributed by atoms with Crippen LogP contribution >= 0.6 is 0 Å². The summed E-state index contributed by atoms with van der Waals surface area (Å²) in [5, 5.41) is 2.52. The van der Waals surface area contributed by atoms with Gasteiger partial charge in [-0.15, -0.1) is 0 Å². The lowest BCUT2D eigenvalue weighted by Gasteiger charge is -2.23. The Balaban J connectivity index is 2.79. The Bertz CT molecular complexity index is 582. The van der Waals surface area contributed by atoms with E-state index in [1.165, 1.54) is 4.31 Å². The molecule has 1 aromatic rings. The van der Waals surface area contributed by atoms with Crippen LogP contribution in [0, 0.1) is 0 Å². The minimum Gasteiger partial charge on any atom is -0.450 e. The number of alkyl carbamates (subject to hydrolysis) is 1. The first-order chi connectivity index (χ1) is 10.3. The number of anilines is 1. The molecule has 0 aliphatic rings. The maximum Gasteiger partial charge on any atom is 0.407 e. The lowest BCUT2D eigenvalue weighted by Crippen LogP contribution is -2.38. The summed E-state index contributed by atoms with van der Waals surface area (Å²) < 4.78 is 29.9. The van der Waals surface area contributed by atoms with Gasteiger partial charge in [0.1, 0.15) is 0 Å². The topological polar surface area (TPSA) is 75.7 Å². The molecule has 124 valence electrons. The smallest absolute Gasteiger partial charge is 0.407 e. The van der Waals surface area contributed by atoms with Crippen LogP contribution in [0.25, 0.3) is 0 Å². The summed E-state index contributed by atoms with van der Waals surface area (Å²) in [6, 6.07) is 7.38. The Labute approximate surface area is 132 Å². The fourth-order valence-corrected chi connectivity index (χ4v) is 2.88. The number of ether oxygens (including phenoxy) is 1. The van der Waals surface area contributed by atoms with Crippen LogP contribution in [0.5, 0.6) is 0 Å². The number of sulfonamides is 1. The lowest BCUT2D eigenvalue weighted by molar-refractivity contribution is 0.152. The molecular weight excluding hydrogens is 304 g/mol. The van der Waals surface area contributed by atoms with Crippen molar-refractivity contribution in [2.45, 2.75) is 26.7 Å². The Morgan fingerprint density at radius 3 is 2.32 bits per heavy atom. The van der Waals surface area contributed by atoms with E-state index in [2.05, 4.69) is 19.2 Å². The molecule has 1 amide bonds. The molecule has 0 aliphatic heterocycles. The predicted octanol–water partition coefficient (Wildman–Crippen LogP) is 2.32. The van der Waals surface area contributed by atoms with E-state index in [-0.39, 0.29) is 19.7 Å². The molecule has 22 heavy (non-hydrogen) atoms. The van der Waals surface area contributed by atoms with E-state index in [0.29, 0.717) is 11.6 Å². The SMILES string of the molecule is CCOC(=O)NCCN(c1ccc(C(C)C)cc1)S(C)(=O)=O. The van der Waals surface area contributed by atoms with E-state index in [1.54, 1.807) is 19.1 Å². The van der Waals surface area contributed by atoms with E-state index >= 15 is 0 Å². The van der Waals surface area contributed by atoms with Gasteiger partial charge in [0.2, 0.25) is 10.0 Å². The van der Waals surface area contributed by atoms with Crippen molar-refractivity contribution in [3.8, 4) is 0 Å². The summed E-state index contributed by atoms with van der Waals surface area (Å²) in [6.45, 7) is 6.46. The standard InChI is InChI=1S/C15H24N2O4S/c1-5-21-15(18)16-10-11-17(22(4,19)20)14-8-6-13(7-9-14)12(2)3/h6-9,12H,5,10-11H2,1-4H3,(H,16,18). The maximum absolute atomic E-state index is 11.9. The van der Waals surface area contributed by atoms with Gasteiger partial charge in [0, 0.05) is 6.54 Å². The Kier molecular flexibility index (Phi) is 6.67. The quantitative estimate of drug-likeness (QED) is 0.833. The summed E-state index contributed by atoms with van der Waals surface area (Å²) in [7, 11) is -3.42. The lowest BCUT2D eigenvalue weighted by atomic mass is 10.0. The molecule has 0 aliphatic carbocycles. The van der Waals surface area contributed by atoms with Gasteiger partial charge in [0.25, 0.3) is 0 Å². The molecule has 0 aromatic heterocycles. The van der Waals surface area contributed by atoms with Crippen LogP contribution in [0.3, 0.4) is 0 Å². The van der Waals surface area contributed by atoms with Gasteiger partial charge in [-0.25, -0.2) is 13.2 Å². The second kappa shape index (κ2) is 8.03. The highest BCUT2D eigenvalue weighted by atomic mass is 32.2. The largest absolute Gasteiger partial charge is 0.450 e. The third-order valence-electron chi connectivity index (χ3n) is 3.11. The summed E-state index contributed by atoms with van der Waals surface area (Å²) in [5.41, 5.74) is 1.72. The first-order valence-electron chi connectivity index (χ1n) is 7.24. The number of rotatable bonds is 7. The van der Waals surface area contributed by atoms with Crippen LogP contribution in [0.2, 0.25) is 0 Å². The summed E-state index contributed by atoms with van der Waals surface area (Å²) >= 11 is 0. The molecule has 0 unspecified atom stereocenters. The van der Waals surface area contributed by atoms with Gasteiger partial charge in [-0.2, -0.15) is 0 Å². The van der Waals surface area contributed by atoms with Crippen molar-refractivity contribution in [1.82, 2.24) is 5.32 Å². The van der Waals surface area contributed by atoms with Crippen LogP contribution in [0.4, 0.5) is 10.5 Å². The molecule has 0 saturated carbocycles. The molecule has 6 nitrogen and oxygen atoms in total. The summed E-state index contributed by atoms with van der Waals surface area (Å²) in [6.07, 6.45) is 0.597. The molecule has 0 saturated heterocycles. The maximum atomic E-state index is 11.9. The second-order valence-electron chi connectivity index (χ2n) is 5.23. The van der Waals surface area contributed by atoms with Crippen molar-refractivity contribution in [2.75, 3.05) is 30.3 Å². The highest BCUT2D eigenvalue weighted by Gasteiger charge is 2.17. The van der Waals surface area contributed by atoms with Crippen molar-refractivity contribution in [3.05, 3.63) is 29.8 Å². The molecule has 1 aromatic carbocycles. The average molecular weight is 328 g/mol. The van der Waals surface area contributed by atoms with Crippen LogP contribution in [0.15, 0.2) is 24.3 Å². The van der Waals surface area contributed by atoms with Crippen molar-refractivity contribution in [2.24, 2.45) is 0 Å². The predicted molar refractivity (Wildman–Crippen MR) is 87.7 cm³/mol. The number of benzene rings is 1. The second-order valence-corrected chi connectivity index (χ2v) is 7.14. The van der Waals surface area contributed by atoms with Gasteiger partial charge >= 0.3 is 6.09 Å². The minimum atomic E-state index is -3.42. The Morgan fingerprint density at radius 1 is 1.27 bits per heavy atom. The molecule has 1 N–H and O–H groups in total. The number of hydrogen-bond donors (Lipinski definition) is 1. The molecule has 0 atom stereocenters. The van der Waals surface area contributed by atoms with E-state index in [0.717, 1.165) is 11.8 Å². The van der Waals surface area contributed by atoms with Gasteiger partial charge in [-0.1, -0.05) is 26.0 Å². The van der Waals surface area contributed by atoms with Gasteiger partial charge in [0.05, 0.1) is 25.1 Å². The van der Waals surface area contributed by atoms with E-state index < -0.39 is 16.1 Å². The molecule has 0 heterocycles. The number of nitrogens with zero attached hydrogens (tertiary/aromatic N) is 1. The number of carbonyl (C=O) groups excluding carboxylic acids is 1. The number of carbonyl (C=O) groups is 1. The van der Waals surface area contributed by atoms with E-state index in [4.69, 9.17) is 4.74 Å². The Morgan fingerprint density at radius 2 is 1.86 bits per heavy atom. The van der Waals surface area contributed by atoms with Gasteiger partial charge in [0.15, 0.2) is 0 Å². The average Bonchev–Trinajstić information content (AvgIpc) is 2.42. The number of nitrogens with one attached hydrogen (secondary N) is 1. The van der Waals surface area contributed by atoms with Crippen molar-refractivity contribution in [1.29, 1.82) is 0 Å². The third kappa shape index (κ3) is 5.55. The fourth-order valence-electron chi connectivity index (χ4n) is 1.95. The molecular formula is C15H24N2O4S. The molecule has 0 bridgehead atoms. The number of hydrogen-bond acceptors (Lipinski definition) is 4. The number of amides is 1. The fraction of sp³-hybridized carbons (Fsp3) is 0.533. The van der Waals surface area contributed by atoms with Crippen LogP contribution in [0.1, 0.15) is 32.3 Å². The van der Waals surface area contributed by atoms with Crippen LogP contribution in [-0.2, 0) is 14.8 Å². The van der Waals surface area contributed by atoms with Gasteiger partial charge in [-0.05, 0) is 30.5 Å². The molecule has 1 rings (SSSR count). The first-order valence-corrected chi connectivity index (χ1v) is 9.08. The highest BCUT2D eigenvalue weighted by molar-refractivity contribution is 7.92. The normalized spacial score (nSPS) is 11.3. The van der Waals surface area contributed by atoms with Crippen LogP contribution in [-0.4, -0.2) is 40.5 Å². The first kappa shape index (κ1) is 18.3. The van der Waals surface area contributed by atoms with Crippen LogP contribution < -0.4 is 9.62 Å². The molecule has 7 heteroatoms.